The van der Waals surface area contributed by atoms with E-state index in [-0.39, 0.29) is 5.82 Å². The zero-order valence-electron chi connectivity index (χ0n) is 10.3. The van der Waals surface area contributed by atoms with Crippen molar-refractivity contribution in [2.45, 2.75) is 26.3 Å². The Kier molecular flexibility index (Phi) is 4.51. The van der Waals surface area contributed by atoms with Gasteiger partial charge in [0, 0.05) is 19.7 Å². The highest BCUT2D eigenvalue weighted by atomic mass is 19.1. The van der Waals surface area contributed by atoms with Crippen LogP contribution in [0.25, 0.3) is 0 Å². The average molecular weight is 237 g/mol. The molecule has 94 valence electrons. The molecule has 0 spiro atoms. The molecular weight excluding hydrogens is 217 g/mol. The zero-order valence-corrected chi connectivity index (χ0v) is 10.3. The number of hydrogen-bond donors (Lipinski definition) is 1. The molecule has 1 N–H and O–H groups in total. The van der Waals surface area contributed by atoms with Gasteiger partial charge in [-0.25, -0.2) is 4.39 Å². The summed E-state index contributed by atoms with van der Waals surface area (Å²) in [5.74, 6) is 0.651. The number of nitrogens with one attached hydrogen (secondary N) is 1. The third kappa shape index (κ3) is 4.44. The van der Waals surface area contributed by atoms with E-state index in [0.717, 1.165) is 36.8 Å². The zero-order chi connectivity index (χ0) is 12.1. The normalized spacial score (nSPS) is 15.2. The van der Waals surface area contributed by atoms with Crippen LogP contribution in [0.15, 0.2) is 18.2 Å². The van der Waals surface area contributed by atoms with Gasteiger partial charge in [0.05, 0.1) is 6.61 Å². The van der Waals surface area contributed by atoms with Crippen molar-refractivity contribution < 1.29 is 9.13 Å². The molecule has 0 unspecified atom stereocenters. The third-order valence-electron chi connectivity index (χ3n) is 3.10. The lowest BCUT2D eigenvalue weighted by Gasteiger charge is -2.08. The summed E-state index contributed by atoms with van der Waals surface area (Å²) >= 11 is 0. The summed E-state index contributed by atoms with van der Waals surface area (Å²) in [4.78, 5) is 0. The van der Waals surface area contributed by atoms with Gasteiger partial charge in [0.25, 0.3) is 0 Å². The summed E-state index contributed by atoms with van der Waals surface area (Å²) in [5.41, 5.74) is 2.14. The van der Waals surface area contributed by atoms with Crippen molar-refractivity contribution in [3.8, 4) is 0 Å². The molecular formula is C14H20FNO. The van der Waals surface area contributed by atoms with Crippen molar-refractivity contribution >= 4 is 0 Å². The van der Waals surface area contributed by atoms with Crippen molar-refractivity contribution in [3.05, 3.63) is 35.1 Å². The van der Waals surface area contributed by atoms with Gasteiger partial charge in [-0.3, -0.25) is 0 Å². The molecule has 1 aliphatic carbocycles. The Balaban J connectivity index is 1.61. The highest BCUT2D eigenvalue weighted by molar-refractivity contribution is 5.26. The van der Waals surface area contributed by atoms with Crippen LogP contribution in [0.4, 0.5) is 4.39 Å². The van der Waals surface area contributed by atoms with Crippen LogP contribution in [-0.4, -0.2) is 19.8 Å². The highest BCUT2D eigenvalue weighted by Crippen LogP contribution is 2.28. The Morgan fingerprint density at radius 2 is 2.24 bits per heavy atom. The minimum atomic E-state index is -0.169. The van der Waals surface area contributed by atoms with Gasteiger partial charge in [0.15, 0.2) is 0 Å². The predicted molar refractivity (Wildman–Crippen MR) is 66.4 cm³/mol. The number of benzene rings is 1. The minimum Gasteiger partial charge on any atom is -0.380 e. The van der Waals surface area contributed by atoms with Gasteiger partial charge in [-0.05, 0) is 48.9 Å². The first-order valence-corrected chi connectivity index (χ1v) is 6.29. The molecule has 0 atom stereocenters. The largest absolute Gasteiger partial charge is 0.380 e. The lowest BCUT2D eigenvalue weighted by molar-refractivity contribution is 0.126. The Morgan fingerprint density at radius 1 is 1.41 bits per heavy atom. The average Bonchev–Trinajstić information content (AvgIpc) is 3.11. The van der Waals surface area contributed by atoms with E-state index in [0.29, 0.717) is 6.54 Å². The van der Waals surface area contributed by atoms with E-state index >= 15 is 0 Å². The van der Waals surface area contributed by atoms with Gasteiger partial charge in [0.1, 0.15) is 5.82 Å². The van der Waals surface area contributed by atoms with E-state index in [4.69, 9.17) is 4.74 Å². The topological polar surface area (TPSA) is 21.3 Å². The Labute approximate surface area is 102 Å². The Bertz CT molecular complexity index is 363. The molecule has 1 saturated carbocycles. The van der Waals surface area contributed by atoms with Crippen LogP contribution >= 0.6 is 0 Å². The summed E-state index contributed by atoms with van der Waals surface area (Å²) < 4.78 is 18.5. The number of aryl methyl sites for hydroxylation is 1. The monoisotopic (exact) mass is 237 g/mol. The summed E-state index contributed by atoms with van der Waals surface area (Å²) in [6.45, 7) is 5.17. The maximum Gasteiger partial charge on any atom is 0.123 e. The lowest BCUT2D eigenvalue weighted by Crippen LogP contribution is -2.20. The van der Waals surface area contributed by atoms with E-state index < -0.39 is 0 Å². The number of hydrogen-bond acceptors (Lipinski definition) is 2. The van der Waals surface area contributed by atoms with Crippen molar-refractivity contribution in [1.29, 1.82) is 0 Å². The first-order chi connectivity index (χ1) is 8.25. The molecule has 0 amide bonds. The van der Waals surface area contributed by atoms with Crippen LogP contribution in [0.5, 0.6) is 0 Å². The molecule has 0 aromatic heterocycles. The maximum atomic E-state index is 13.0. The second kappa shape index (κ2) is 6.12. The van der Waals surface area contributed by atoms with Gasteiger partial charge < -0.3 is 10.1 Å². The molecule has 1 aromatic rings. The van der Waals surface area contributed by atoms with Crippen molar-refractivity contribution in [3.63, 3.8) is 0 Å². The van der Waals surface area contributed by atoms with Crippen molar-refractivity contribution in [2.75, 3.05) is 19.8 Å². The van der Waals surface area contributed by atoms with Gasteiger partial charge in [-0.2, -0.15) is 0 Å². The van der Waals surface area contributed by atoms with Gasteiger partial charge in [0.2, 0.25) is 0 Å². The van der Waals surface area contributed by atoms with Gasteiger partial charge >= 0.3 is 0 Å². The molecule has 0 bridgehead atoms. The number of ether oxygens (including phenoxy) is 1. The maximum absolute atomic E-state index is 13.0. The quantitative estimate of drug-likeness (QED) is 0.736. The van der Waals surface area contributed by atoms with E-state index in [1.54, 1.807) is 6.07 Å². The molecule has 2 rings (SSSR count). The van der Waals surface area contributed by atoms with Crippen molar-refractivity contribution in [1.82, 2.24) is 5.32 Å². The van der Waals surface area contributed by atoms with Crippen LogP contribution in [0.2, 0.25) is 0 Å². The highest BCUT2D eigenvalue weighted by Gasteiger charge is 2.20. The predicted octanol–water partition coefficient (Wildman–Crippen LogP) is 2.65. The van der Waals surface area contributed by atoms with E-state index in [1.807, 2.05) is 13.0 Å². The molecule has 0 radical (unpaired) electrons. The summed E-state index contributed by atoms with van der Waals surface area (Å²) in [6, 6.07) is 4.90. The van der Waals surface area contributed by atoms with E-state index in [9.17, 15) is 4.39 Å². The molecule has 1 aliphatic rings. The molecule has 2 nitrogen and oxygen atoms in total. The molecule has 1 aromatic carbocycles. The standard InChI is InChI=1S/C14H20FNO/c1-11-2-5-14(15)8-13(11)9-16-6-7-17-10-12-3-4-12/h2,5,8,12,16H,3-4,6-7,9-10H2,1H3. The minimum absolute atomic E-state index is 0.169. The fourth-order valence-corrected chi connectivity index (χ4v) is 1.73. The number of halogens is 1. The first kappa shape index (κ1) is 12.5. The van der Waals surface area contributed by atoms with Gasteiger partial charge in [-0.15, -0.1) is 0 Å². The van der Waals surface area contributed by atoms with Crippen molar-refractivity contribution in [2.24, 2.45) is 5.92 Å². The van der Waals surface area contributed by atoms with Crippen LogP contribution in [0.1, 0.15) is 24.0 Å². The van der Waals surface area contributed by atoms with Crippen LogP contribution < -0.4 is 5.32 Å². The molecule has 0 aliphatic heterocycles. The lowest BCUT2D eigenvalue weighted by atomic mass is 10.1. The van der Waals surface area contributed by atoms with Crippen LogP contribution in [0, 0.1) is 18.7 Å². The van der Waals surface area contributed by atoms with E-state index in [2.05, 4.69) is 5.32 Å². The molecule has 0 saturated heterocycles. The second-order valence-corrected chi connectivity index (χ2v) is 4.77. The first-order valence-electron chi connectivity index (χ1n) is 6.29. The summed E-state index contributed by atoms with van der Waals surface area (Å²) in [5, 5.41) is 3.27. The van der Waals surface area contributed by atoms with Crippen LogP contribution in [-0.2, 0) is 11.3 Å². The smallest absolute Gasteiger partial charge is 0.123 e. The van der Waals surface area contributed by atoms with Gasteiger partial charge in [-0.1, -0.05) is 6.07 Å². The Hall–Kier alpha value is -0.930. The fourth-order valence-electron chi connectivity index (χ4n) is 1.73. The molecule has 3 heteroatoms. The molecule has 1 fully saturated rings. The number of rotatable bonds is 7. The van der Waals surface area contributed by atoms with Crippen LogP contribution in [0.3, 0.4) is 0 Å². The fraction of sp³-hybridized carbons (Fsp3) is 0.571. The summed E-state index contributed by atoms with van der Waals surface area (Å²) in [6.07, 6.45) is 2.66. The molecule has 17 heavy (non-hydrogen) atoms. The SMILES string of the molecule is Cc1ccc(F)cc1CNCCOCC1CC1. The third-order valence-corrected chi connectivity index (χ3v) is 3.10. The Morgan fingerprint density at radius 3 is 3.00 bits per heavy atom. The summed E-state index contributed by atoms with van der Waals surface area (Å²) in [7, 11) is 0. The van der Waals surface area contributed by atoms with E-state index in [1.165, 1.54) is 18.9 Å². The molecule has 0 heterocycles. The second-order valence-electron chi connectivity index (χ2n) is 4.77.